The molecule has 4 aromatic rings. The number of rotatable bonds is 8. The Morgan fingerprint density at radius 3 is 2.33 bits per heavy atom. The molecule has 30 heavy (non-hydrogen) atoms. The summed E-state index contributed by atoms with van der Waals surface area (Å²) in [5, 5.41) is 9.90. The van der Waals surface area contributed by atoms with Crippen molar-refractivity contribution in [2.24, 2.45) is 0 Å². The van der Waals surface area contributed by atoms with E-state index in [1.165, 1.54) is 16.4 Å². The number of thioether (sulfide) groups is 1. The van der Waals surface area contributed by atoms with Gasteiger partial charge in [-0.1, -0.05) is 67.4 Å². The molecular formula is C22H23N5O2S. The molecule has 0 atom stereocenters. The van der Waals surface area contributed by atoms with Crippen molar-refractivity contribution in [1.82, 2.24) is 24.5 Å². The molecule has 0 aliphatic rings. The number of para-hydroxylation sites is 1. The van der Waals surface area contributed by atoms with Crippen molar-refractivity contribution in [3.63, 3.8) is 0 Å². The second-order valence-corrected chi connectivity index (χ2v) is 8.03. The summed E-state index contributed by atoms with van der Waals surface area (Å²) in [6, 6.07) is 14.5. The van der Waals surface area contributed by atoms with E-state index in [0.717, 1.165) is 25.7 Å². The molecule has 0 N–H and O–H groups in total. The van der Waals surface area contributed by atoms with E-state index >= 15 is 0 Å². The highest BCUT2D eigenvalue weighted by molar-refractivity contribution is 7.98. The first-order chi connectivity index (χ1) is 14.7. The van der Waals surface area contributed by atoms with Gasteiger partial charge in [-0.05, 0) is 30.7 Å². The van der Waals surface area contributed by atoms with Gasteiger partial charge in [0.2, 0.25) is 0 Å². The molecule has 0 spiro atoms. The van der Waals surface area contributed by atoms with Gasteiger partial charge < -0.3 is 0 Å². The van der Waals surface area contributed by atoms with Crippen LogP contribution in [0, 0.1) is 0 Å². The molecule has 0 bridgehead atoms. The third-order valence-corrected chi connectivity index (χ3v) is 5.95. The zero-order valence-corrected chi connectivity index (χ0v) is 17.6. The molecular weight excluding hydrogens is 398 g/mol. The summed E-state index contributed by atoms with van der Waals surface area (Å²) in [6.45, 7) is 2.77. The number of benzene rings is 2. The maximum atomic E-state index is 13.1. The van der Waals surface area contributed by atoms with Crippen LogP contribution in [0.15, 0.2) is 63.3 Å². The van der Waals surface area contributed by atoms with Crippen molar-refractivity contribution in [2.75, 3.05) is 0 Å². The second-order valence-electron chi connectivity index (χ2n) is 7.11. The Labute approximate surface area is 177 Å². The molecule has 2 aromatic heterocycles. The molecule has 4 rings (SSSR count). The smallest absolute Gasteiger partial charge is 0.278 e. The van der Waals surface area contributed by atoms with E-state index in [2.05, 4.69) is 17.2 Å². The maximum absolute atomic E-state index is 13.1. The maximum Gasteiger partial charge on any atom is 0.278 e. The van der Waals surface area contributed by atoms with Crippen molar-refractivity contribution in [1.29, 1.82) is 0 Å². The molecule has 7 nitrogen and oxygen atoms in total. The average Bonchev–Trinajstić information content (AvgIpc) is 2.78. The molecule has 2 aromatic carbocycles. The fourth-order valence-corrected chi connectivity index (χ4v) is 4.28. The molecule has 2 heterocycles. The highest BCUT2D eigenvalue weighted by atomic mass is 32.2. The van der Waals surface area contributed by atoms with Crippen LogP contribution in [0.1, 0.15) is 32.6 Å². The molecule has 154 valence electrons. The third kappa shape index (κ3) is 4.14. The Bertz CT molecular complexity index is 1300. The van der Waals surface area contributed by atoms with Crippen LogP contribution < -0.4 is 11.1 Å². The van der Waals surface area contributed by atoms with E-state index in [9.17, 15) is 9.59 Å². The second kappa shape index (κ2) is 9.21. The normalized spacial score (nSPS) is 11.4. The molecule has 0 amide bonds. The Balaban J connectivity index is 1.66. The fourth-order valence-electron chi connectivity index (χ4n) is 3.38. The third-order valence-electron chi connectivity index (χ3n) is 5.01. The Morgan fingerprint density at radius 1 is 0.867 bits per heavy atom. The van der Waals surface area contributed by atoms with Gasteiger partial charge in [-0.15, -0.1) is 5.10 Å². The summed E-state index contributed by atoms with van der Waals surface area (Å²) < 4.78 is 3.04. The minimum atomic E-state index is -0.203. The summed E-state index contributed by atoms with van der Waals surface area (Å²) in [5.74, 6) is 0.233. The van der Waals surface area contributed by atoms with E-state index in [0.29, 0.717) is 33.5 Å². The average molecular weight is 422 g/mol. The topological polar surface area (TPSA) is 82.7 Å². The lowest BCUT2D eigenvalue weighted by atomic mass is 10.2. The number of nitrogens with zero attached hydrogens (tertiary/aromatic N) is 5. The Kier molecular flexibility index (Phi) is 6.23. The molecule has 0 aliphatic heterocycles. The lowest BCUT2D eigenvalue weighted by Crippen LogP contribution is -2.26. The minimum Gasteiger partial charge on any atom is -0.287 e. The van der Waals surface area contributed by atoms with Crippen LogP contribution in [0.25, 0.3) is 21.8 Å². The first-order valence-corrected chi connectivity index (χ1v) is 11.1. The molecule has 0 saturated heterocycles. The Morgan fingerprint density at radius 2 is 1.57 bits per heavy atom. The van der Waals surface area contributed by atoms with E-state index in [4.69, 9.17) is 4.98 Å². The minimum absolute atomic E-state index is 0.0449. The largest absolute Gasteiger partial charge is 0.287 e. The van der Waals surface area contributed by atoms with Gasteiger partial charge in [0.25, 0.3) is 11.1 Å². The van der Waals surface area contributed by atoms with Crippen molar-refractivity contribution in [2.45, 2.75) is 50.2 Å². The highest BCUT2D eigenvalue weighted by Crippen LogP contribution is 2.20. The summed E-state index contributed by atoms with van der Waals surface area (Å²) in [5.41, 5.74) is 0.981. The van der Waals surface area contributed by atoms with Crippen LogP contribution in [-0.4, -0.2) is 24.5 Å². The number of aromatic nitrogens is 5. The van der Waals surface area contributed by atoms with E-state index < -0.39 is 0 Å². The van der Waals surface area contributed by atoms with Crippen LogP contribution in [0.2, 0.25) is 0 Å². The summed E-state index contributed by atoms with van der Waals surface area (Å²) in [7, 11) is 0. The number of hydrogen-bond acceptors (Lipinski definition) is 6. The number of hydrogen-bond donors (Lipinski definition) is 0. The van der Waals surface area contributed by atoms with Gasteiger partial charge in [0.1, 0.15) is 5.52 Å². The van der Waals surface area contributed by atoms with Crippen molar-refractivity contribution in [3.05, 3.63) is 69.2 Å². The van der Waals surface area contributed by atoms with Gasteiger partial charge in [-0.25, -0.2) is 4.98 Å². The predicted molar refractivity (Wildman–Crippen MR) is 120 cm³/mol. The zero-order valence-electron chi connectivity index (χ0n) is 16.8. The van der Waals surface area contributed by atoms with Crippen LogP contribution >= 0.6 is 11.8 Å². The molecule has 8 heteroatoms. The van der Waals surface area contributed by atoms with Gasteiger partial charge in [0.15, 0.2) is 5.16 Å². The molecule has 0 saturated carbocycles. The summed E-state index contributed by atoms with van der Waals surface area (Å²) in [6.07, 6.45) is 4.25. The van der Waals surface area contributed by atoms with Gasteiger partial charge in [-0.3, -0.25) is 14.2 Å². The lowest BCUT2D eigenvalue weighted by Gasteiger charge is -2.13. The van der Waals surface area contributed by atoms with Gasteiger partial charge in [0, 0.05) is 6.54 Å². The van der Waals surface area contributed by atoms with Crippen LogP contribution in [0.3, 0.4) is 0 Å². The number of unbranched alkanes of at least 4 members (excludes halogenated alkanes) is 3. The Hall–Kier alpha value is -3.00. The lowest BCUT2D eigenvalue weighted by molar-refractivity contribution is 0.530. The highest BCUT2D eigenvalue weighted by Gasteiger charge is 2.13. The fraction of sp³-hybridized carbons (Fsp3) is 0.318. The standard InChI is InChI=1S/C22H23N5O2S/c1-2-3-4-9-14-26-20(28)16-10-5-7-12-18(16)23-22(26)30-15-27-21(29)17-11-6-8-13-19(17)24-25-27/h5-8,10-13H,2-4,9,14-15H2,1H3. The summed E-state index contributed by atoms with van der Waals surface area (Å²) >= 11 is 1.33. The van der Waals surface area contributed by atoms with Crippen molar-refractivity contribution < 1.29 is 0 Å². The number of fused-ring (bicyclic) bond motifs is 2. The molecule has 0 radical (unpaired) electrons. The van der Waals surface area contributed by atoms with Crippen molar-refractivity contribution in [3.8, 4) is 0 Å². The zero-order chi connectivity index (χ0) is 20.9. The van der Waals surface area contributed by atoms with E-state index in [1.807, 2.05) is 30.3 Å². The molecule has 0 fully saturated rings. The predicted octanol–water partition coefficient (Wildman–Crippen LogP) is 3.83. The van der Waals surface area contributed by atoms with E-state index in [-0.39, 0.29) is 17.0 Å². The van der Waals surface area contributed by atoms with Crippen LogP contribution in [-0.2, 0) is 12.4 Å². The first-order valence-electron chi connectivity index (χ1n) is 10.1. The van der Waals surface area contributed by atoms with Gasteiger partial charge >= 0.3 is 0 Å². The van der Waals surface area contributed by atoms with Gasteiger partial charge in [-0.2, -0.15) is 4.68 Å². The summed E-state index contributed by atoms with van der Waals surface area (Å²) in [4.78, 5) is 30.5. The van der Waals surface area contributed by atoms with Gasteiger partial charge in [0.05, 0.1) is 22.2 Å². The van der Waals surface area contributed by atoms with Crippen LogP contribution in [0.4, 0.5) is 0 Å². The van der Waals surface area contributed by atoms with Crippen molar-refractivity contribution >= 4 is 33.6 Å². The van der Waals surface area contributed by atoms with Crippen LogP contribution in [0.5, 0.6) is 0 Å². The van der Waals surface area contributed by atoms with E-state index in [1.54, 1.807) is 22.8 Å². The molecule has 0 aliphatic carbocycles. The monoisotopic (exact) mass is 421 g/mol. The molecule has 0 unspecified atom stereocenters. The quantitative estimate of drug-likeness (QED) is 0.244. The SMILES string of the molecule is CCCCCCn1c(SCn2nnc3ccccc3c2=O)nc2ccccc2c1=O. The first kappa shape index (κ1) is 20.3.